The van der Waals surface area contributed by atoms with Crippen molar-refractivity contribution in [3.63, 3.8) is 0 Å². The molecule has 3 heteroatoms. The number of halogens is 1. The monoisotopic (exact) mass is 255 g/mol. The first kappa shape index (κ1) is 10.1. The van der Waals surface area contributed by atoms with Crippen molar-refractivity contribution in [2.75, 3.05) is 19.7 Å². The second-order valence-corrected chi connectivity index (χ2v) is 4.98. The van der Waals surface area contributed by atoms with Crippen LogP contribution in [0.1, 0.15) is 5.56 Å². The van der Waals surface area contributed by atoms with Crippen LogP contribution >= 0.6 is 15.9 Å². The van der Waals surface area contributed by atoms with Gasteiger partial charge >= 0.3 is 0 Å². The van der Waals surface area contributed by atoms with Gasteiger partial charge in [0, 0.05) is 23.0 Å². The van der Waals surface area contributed by atoms with Gasteiger partial charge in [0.1, 0.15) is 0 Å². The van der Waals surface area contributed by atoms with E-state index in [2.05, 4.69) is 33.4 Å². The van der Waals surface area contributed by atoms with Crippen molar-refractivity contribution in [2.24, 2.45) is 5.41 Å². The molecule has 1 fully saturated rings. The van der Waals surface area contributed by atoms with Crippen molar-refractivity contribution in [2.45, 2.75) is 6.42 Å². The normalized spacial score (nSPS) is 19.0. The fourth-order valence-electron chi connectivity index (χ4n) is 1.85. The van der Waals surface area contributed by atoms with Gasteiger partial charge in [-0.3, -0.25) is 0 Å². The number of hydrogen-bond acceptors (Lipinski definition) is 2. The Morgan fingerprint density at radius 1 is 1.43 bits per heavy atom. The third-order valence-corrected chi connectivity index (χ3v) is 3.30. The zero-order valence-electron chi connectivity index (χ0n) is 7.96. The van der Waals surface area contributed by atoms with Crippen LogP contribution in [0.15, 0.2) is 28.7 Å². The summed E-state index contributed by atoms with van der Waals surface area (Å²) in [5.41, 5.74) is 1.37. The van der Waals surface area contributed by atoms with E-state index in [1.54, 1.807) is 0 Å². The molecule has 0 atom stereocenters. The number of rotatable bonds is 3. The van der Waals surface area contributed by atoms with Gasteiger partial charge in [-0.05, 0) is 24.1 Å². The van der Waals surface area contributed by atoms with Gasteiger partial charge in [-0.1, -0.05) is 28.1 Å². The minimum atomic E-state index is 0.0841. The molecule has 0 amide bonds. The van der Waals surface area contributed by atoms with E-state index in [9.17, 15) is 5.11 Å². The molecule has 0 aromatic heterocycles. The van der Waals surface area contributed by atoms with Crippen LogP contribution in [0.25, 0.3) is 0 Å². The quantitative estimate of drug-likeness (QED) is 0.860. The number of hydrogen-bond donors (Lipinski definition) is 2. The molecule has 1 heterocycles. The minimum Gasteiger partial charge on any atom is -0.396 e. The van der Waals surface area contributed by atoms with Crippen LogP contribution in [-0.4, -0.2) is 24.8 Å². The predicted molar refractivity (Wildman–Crippen MR) is 60.2 cm³/mol. The van der Waals surface area contributed by atoms with Crippen LogP contribution in [0, 0.1) is 5.41 Å². The highest BCUT2D eigenvalue weighted by Crippen LogP contribution is 2.27. The maximum Gasteiger partial charge on any atom is 0.0515 e. The summed E-state index contributed by atoms with van der Waals surface area (Å²) < 4.78 is 1.11. The smallest absolute Gasteiger partial charge is 0.0515 e. The Labute approximate surface area is 92.5 Å². The van der Waals surface area contributed by atoms with Gasteiger partial charge in [-0.2, -0.15) is 0 Å². The zero-order chi connectivity index (χ0) is 10.0. The van der Waals surface area contributed by atoms with E-state index < -0.39 is 0 Å². The van der Waals surface area contributed by atoms with E-state index in [0.717, 1.165) is 24.0 Å². The van der Waals surface area contributed by atoms with Gasteiger partial charge in [0.25, 0.3) is 0 Å². The first-order chi connectivity index (χ1) is 6.74. The van der Waals surface area contributed by atoms with Crippen molar-refractivity contribution in [3.8, 4) is 0 Å². The second kappa shape index (κ2) is 4.01. The Morgan fingerprint density at radius 2 is 2.21 bits per heavy atom. The fraction of sp³-hybridized carbons (Fsp3) is 0.455. The molecule has 1 aliphatic rings. The lowest BCUT2D eigenvalue weighted by molar-refractivity contribution is 0.0687. The summed E-state index contributed by atoms with van der Waals surface area (Å²) in [6, 6.07) is 8.29. The van der Waals surface area contributed by atoms with Crippen LogP contribution < -0.4 is 5.32 Å². The average Bonchev–Trinajstić information content (AvgIpc) is 2.11. The summed E-state index contributed by atoms with van der Waals surface area (Å²) in [7, 11) is 0. The van der Waals surface area contributed by atoms with Crippen LogP contribution in [0.5, 0.6) is 0 Å². The highest BCUT2D eigenvalue weighted by molar-refractivity contribution is 9.10. The van der Waals surface area contributed by atoms with Crippen molar-refractivity contribution in [1.29, 1.82) is 0 Å². The third kappa shape index (κ3) is 2.00. The fourth-order valence-corrected chi connectivity index (χ4v) is 2.30. The van der Waals surface area contributed by atoms with E-state index >= 15 is 0 Å². The van der Waals surface area contributed by atoms with E-state index in [0.29, 0.717) is 0 Å². The molecule has 76 valence electrons. The second-order valence-electron chi connectivity index (χ2n) is 4.07. The lowest BCUT2D eigenvalue weighted by Gasteiger charge is -2.41. The van der Waals surface area contributed by atoms with Gasteiger partial charge in [-0.15, -0.1) is 0 Å². The van der Waals surface area contributed by atoms with Crippen LogP contribution in [0.2, 0.25) is 0 Å². The first-order valence-corrected chi connectivity index (χ1v) is 5.59. The average molecular weight is 256 g/mol. The summed E-state index contributed by atoms with van der Waals surface area (Å²) in [5, 5.41) is 12.5. The Hall–Kier alpha value is -0.380. The molecule has 0 unspecified atom stereocenters. The lowest BCUT2D eigenvalue weighted by atomic mass is 9.77. The molecule has 14 heavy (non-hydrogen) atoms. The standard InChI is InChI=1S/C11H14BrNO/c12-10-3-1-2-9(4-10)5-11(8-14)6-13-7-11/h1-4,13-14H,5-8H2. The van der Waals surface area contributed by atoms with E-state index in [-0.39, 0.29) is 12.0 Å². The molecule has 2 N–H and O–H groups in total. The SMILES string of the molecule is OCC1(Cc2cccc(Br)c2)CNC1. The maximum absolute atomic E-state index is 9.32. The molecule has 0 bridgehead atoms. The van der Waals surface area contributed by atoms with Gasteiger partial charge in [0.05, 0.1) is 6.61 Å². The molecule has 1 aromatic carbocycles. The van der Waals surface area contributed by atoms with Crippen molar-refractivity contribution in [1.82, 2.24) is 5.32 Å². The Kier molecular flexibility index (Phi) is 2.91. The van der Waals surface area contributed by atoms with Crippen LogP contribution in [0.3, 0.4) is 0 Å². The molecule has 2 nitrogen and oxygen atoms in total. The largest absolute Gasteiger partial charge is 0.396 e. The topological polar surface area (TPSA) is 32.3 Å². The van der Waals surface area contributed by atoms with E-state index in [4.69, 9.17) is 0 Å². The Morgan fingerprint density at radius 3 is 2.71 bits per heavy atom. The molecule has 0 aliphatic carbocycles. The summed E-state index contributed by atoms with van der Waals surface area (Å²) in [6.45, 7) is 2.12. The third-order valence-electron chi connectivity index (χ3n) is 2.80. The van der Waals surface area contributed by atoms with Crippen molar-refractivity contribution >= 4 is 15.9 Å². The maximum atomic E-state index is 9.32. The zero-order valence-corrected chi connectivity index (χ0v) is 9.55. The summed E-state index contributed by atoms with van der Waals surface area (Å²) in [5.74, 6) is 0. The number of aliphatic hydroxyl groups excluding tert-OH is 1. The highest BCUT2D eigenvalue weighted by Gasteiger charge is 2.36. The van der Waals surface area contributed by atoms with Crippen LogP contribution in [0.4, 0.5) is 0 Å². The Bertz CT molecular complexity index is 317. The first-order valence-electron chi connectivity index (χ1n) is 4.80. The predicted octanol–water partition coefficient (Wildman–Crippen LogP) is 1.57. The summed E-state index contributed by atoms with van der Waals surface area (Å²) in [6.07, 6.45) is 0.954. The van der Waals surface area contributed by atoms with Gasteiger partial charge in [-0.25, -0.2) is 0 Å². The number of aliphatic hydroxyl groups is 1. The van der Waals surface area contributed by atoms with Crippen molar-refractivity contribution < 1.29 is 5.11 Å². The summed E-state index contributed by atoms with van der Waals surface area (Å²) in [4.78, 5) is 0. The molecular formula is C11H14BrNO. The molecule has 0 saturated carbocycles. The minimum absolute atomic E-state index is 0.0841. The molecule has 1 saturated heterocycles. The molecule has 1 aliphatic heterocycles. The van der Waals surface area contributed by atoms with Gasteiger partial charge in [0.15, 0.2) is 0 Å². The highest BCUT2D eigenvalue weighted by atomic mass is 79.9. The van der Waals surface area contributed by atoms with Gasteiger partial charge in [0.2, 0.25) is 0 Å². The van der Waals surface area contributed by atoms with Crippen LogP contribution in [-0.2, 0) is 6.42 Å². The summed E-state index contributed by atoms with van der Waals surface area (Å²) >= 11 is 3.45. The Balaban J connectivity index is 2.09. The van der Waals surface area contributed by atoms with Gasteiger partial charge < -0.3 is 10.4 Å². The number of benzene rings is 1. The van der Waals surface area contributed by atoms with E-state index in [1.807, 2.05) is 12.1 Å². The van der Waals surface area contributed by atoms with Crippen molar-refractivity contribution in [3.05, 3.63) is 34.3 Å². The lowest BCUT2D eigenvalue weighted by Crippen LogP contribution is -2.56. The molecule has 0 spiro atoms. The molecule has 0 radical (unpaired) electrons. The number of nitrogens with one attached hydrogen (secondary N) is 1. The molecular weight excluding hydrogens is 242 g/mol. The van der Waals surface area contributed by atoms with E-state index in [1.165, 1.54) is 5.56 Å². The molecule has 1 aromatic rings. The molecule has 2 rings (SSSR count).